The molecule has 5 heteroatoms. The second-order valence-electron chi connectivity index (χ2n) is 6.08. The molecule has 1 atom stereocenters. The number of nitrogens with zero attached hydrogens (tertiary/aromatic N) is 2. The van der Waals surface area contributed by atoms with Crippen molar-refractivity contribution in [2.24, 2.45) is 17.6 Å². The molecular formula is C14H25N3O2. The van der Waals surface area contributed by atoms with Gasteiger partial charge in [-0.05, 0) is 37.5 Å². The highest BCUT2D eigenvalue weighted by atomic mass is 16.2. The van der Waals surface area contributed by atoms with Crippen molar-refractivity contribution in [1.82, 2.24) is 9.80 Å². The fourth-order valence-corrected chi connectivity index (χ4v) is 3.18. The van der Waals surface area contributed by atoms with Gasteiger partial charge >= 0.3 is 6.03 Å². The molecule has 108 valence electrons. The zero-order chi connectivity index (χ0) is 13.8. The normalized spacial score (nSPS) is 25.4. The number of hydrogen-bond acceptors (Lipinski definition) is 2. The molecule has 2 heterocycles. The fraction of sp³-hybridized carbons (Fsp3) is 0.857. The first-order chi connectivity index (χ1) is 9.06. The van der Waals surface area contributed by atoms with E-state index in [0.717, 1.165) is 45.4 Å². The average Bonchev–Trinajstić information content (AvgIpc) is 2.38. The Morgan fingerprint density at radius 3 is 2.37 bits per heavy atom. The number of rotatable bonds is 2. The van der Waals surface area contributed by atoms with Crippen LogP contribution in [0.25, 0.3) is 0 Å². The van der Waals surface area contributed by atoms with Crippen LogP contribution in [-0.4, -0.2) is 47.9 Å². The van der Waals surface area contributed by atoms with E-state index < -0.39 is 0 Å². The molecule has 0 bridgehead atoms. The van der Waals surface area contributed by atoms with Crippen LogP contribution in [-0.2, 0) is 4.79 Å². The van der Waals surface area contributed by atoms with Crippen LogP contribution in [0.4, 0.5) is 4.79 Å². The number of amides is 3. The lowest BCUT2D eigenvalue weighted by Crippen LogP contribution is -2.49. The molecule has 0 saturated carbocycles. The molecular weight excluding hydrogens is 242 g/mol. The molecule has 2 N–H and O–H groups in total. The number of nitrogens with two attached hydrogens (primary N) is 1. The second kappa shape index (κ2) is 6.26. The lowest BCUT2D eigenvalue weighted by atomic mass is 9.93. The van der Waals surface area contributed by atoms with Gasteiger partial charge < -0.3 is 15.5 Å². The fourth-order valence-electron chi connectivity index (χ4n) is 3.18. The number of hydrogen-bond donors (Lipinski definition) is 1. The standard InChI is InChI=1S/C14H25N3O2/c1-11-3-2-6-17(10-11)14(19)16-7-4-12(5-8-16)9-13(15)18/h11-12H,2-10H2,1H3,(H2,15,18). The minimum absolute atomic E-state index is 0.184. The SMILES string of the molecule is CC1CCCN(C(=O)N2CCC(CC(N)=O)CC2)C1. The zero-order valence-corrected chi connectivity index (χ0v) is 11.8. The molecule has 3 amide bonds. The summed E-state index contributed by atoms with van der Waals surface area (Å²) in [6.45, 7) is 5.52. The minimum atomic E-state index is -0.227. The van der Waals surface area contributed by atoms with Crippen LogP contribution in [0.15, 0.2) is 0 Å². The molecule has 2 aliphatic heterocycles. The molecule has 0 aromatic carbocycles. The third-order valence-corrected chi connectivity index (χ3v) is 4.30. The van der Waals surface area contributed by atoms with Gasteiger partial charge in [-0.1, -0.05) is 6.92 Å². The maximum Gasteiger partial charge on any atom is 0.320 e. The molecule has 0 aliphatic carbocycles. The number of urea groups is 1. The molecule has 0 spiro atoms. The van der Waals surface area contributed by atoms with Crippen LogP contribution < -0.4 is 5.73 Å². The number of carbonyl (C=O) groups is 2. The lowest BCUT2D eigenvalue weighted by Gasteiger charge is -2.38. The van der Waals surface area contributed by atoms with Crippen molar-refractivity contribution in [2.45, 2.75) is 39.0 Å². The first-order valence-electron chi connectivity index (χ1n) is 7.38. The predicted molar refractivity (Wildman–Crippen MR) is 73.5 cm³/mol. The Hall–Kier alpha value is -1.26. The number of carbonyl (C=O) groups excluding carboxylic acids is 2. The van der Waals surface area contributed by atoms with Crippen LogP contribution >= 0.6 is 0 Å². The highest BCUT2D eigenvalue weighted by molar-refractivity contribution is 5.75. The minimum Gasteiger partial charge on any atom is -0.370 e. The van der Waals surface area contributed by atoms with Crippen molar-refractivity contribution in [3.63, 3.8) is 0 Å². The van der Waals surface area contributed by atoms with Crippen molar-refractivity contribution in [2.75, 3.05) is 26.2 Å². The topological polar surface area (TPSA) is 66.6 Å². The van der Waals surface area contributed by atoms with Crippen LogP contribution in [0.2, 0.25) is 0 Å². The quantitative estimate of drug-likeness (QED) is 0.822. The van der Waals surface area contributed by atoms with Gasteiger partial charge in [-0.2, -0.15) is 0 Å². The van der Waals surface area contributed by atoms with Crippen LogP contribution in [0.3, 0.4) is 0 Å². The lowest BCUT2D eigenvalue weighted by molar-refractivity contribution is -0.119. The highest BCUT2D eigenvalue weighted by Gasteiger charge is 2.28. The molecule has 0 aromatic heterocycles. The Balaban J connectivity index is 1.80. The Bertz CT molecular complexity index is 338. The van der Waals surface area contributed by atoms with Crippen LogP contribution in [0.1, 0.15) is 39.0 Å². The predicted octanol–water partition coefficient (Wildman–Crippen LogP) is 1.43. The van der Waals surface area contributed by atoms with Crippen LogP contribution in [0.5, 0.6) is 0 Å². The van der Waals surface area contributed by atoms with Gasteiger partial charge in [-0.3, -0.25) is 4.79 Å². The summed E-state index contributed by atoms with van der Waals surface area (Å²) in [7, 11) is 0. The first kappa shape index (κ1) is 14.2. The summed E-state index contributed by atoms with van der Waals surface area (Å²) in [5.74, 6) is 0.751. The molecule has 0 radical (unpaired) electrons. The van der Waals surface area contributed by atoms with E-state index in [4.69, 9.17) is 5.73 Å². The van der Waals surface area contributed by atoms with Crippen molar-refractivity contribution in [3.8, 4) is 0 Å². The molecule has 2 saturated heterocycles. The Morgan fingerprint density at radius 2 is 1.79 bits per heavy atom. The van der Waals surface area contributed by atoms with Crippen LogP contribution in [0, 0.1) is 11.8 Å². The third kappa shape index (κ3) is 3.85. The maximum atomic E-state index is 12.4. The largest absolute Gasteiger partial charge is 0.370 e. The van der Waals surface area contributed by atoms with Gasteiger partial charge in [0.1, 0.15) is 0 Å². The Labute approximate surface area is 115 Å². The molecule has 1 unspecified atom stereocenters. The average molecular weight is 267 g/mol. The maximum absolute atomic E-state index is 12.4. The van der Waals surface area contributed by atoms with Gasteiger partial charge in [0.05, 0.1) is 0 Å². The summed E-state index contributed by atoms with van der Waals surface area (Å²) in [6, 6.07) is 0.184. The van der Waals surface area contributed by atoms with E-state index in [9.17, 15) is 9.59 Å². The van der Waals surface area contributed by atoms with Gasteiger partial charge in [0.2, 0.25) is 5.91 Å². The number of piperidine rings is 2. The van der Waals surface area contributed by atoms with Gasteiger partial charge in [-0.25, -0.2) is 4.79 Å². The third-order valence-electron chi connectivity index (χ3n) is 4.30. The van der Waals surface area contributed by atoms with Crippen molar-refractivity contribution < 1.29 is 9.59 Å². The summed E-state index contributed by atoms with van der Waals surface area (Å²) < 4.78 is 0. The molecule has 2 rings (SSSR count). The monoisotopic (exact) mass is 267 g/mol. The van der Waals surface area contributed by atoms with E-state index >= 15 is 0 Å². The molecule has 2 aliphatic rings. The van der Waals surface area contributed by atoms with Crippen molar-refractivity contribution in [3.05, 3.63) is 0 Å². The summed E-state index contributed by atoms with van der Waals surface area (Å²) in [4.78, 5) is 27.2. The van der Waals surface area contributed by atoms with E-state index in [1.165, 1.54) is 6.42 Å². The van der Waals surface area contributed by atoms with E-state index in [2.05, 4.69) is 6.92 Å². The van der Waals surface area contributed by atoms with Crippen molar-refractivity contribution in [1.29, 1.82) is 0 Å². The molecule has 19 heavy (non-hydrogen) atoms. The summed E-state index contributed by atoms with van der Waals surface area (Å²) in [5.41, 5.74) is 5.22. The number of primary amides is 1. The van der Waals surface area contributed by atoms with Gasteiger partial charge in [0.25, 0.3) is 0 Å². The zero-order valence-electron chi connectivity index (χ0n) is 11.8. The van der Waals surface area contributed by atoms with E-state index in [0.29, 0.717) is 18.3 Å². The Kier molecular flexibility index (Phi) is 4.66. The second-order valence-corrected chi connectivity index (χ2v) is 6.08. The van der Waals surface area contributed by atoms with Gasteiger partial charge in [-0.15, -0.1) is 0 Å². The molecule has 2 fully saturated rings. The van der Waals surface area contributed by atoms with E-state index in [1.54, 1.807) is 0 Å². The molecule has 0 aromatic rings. The van der Waals surface area contributed by atoms with Gasteiger partial charge in [0.15, 0.2) is 0 Å². The Morgan fingerprint density at radius 1 is 1.11 bits per heavy atom. The van der Waals surface area contributed by atoms with Crippen molar-refractivity contribution >= 4 is 11.9 Å². The van der Waals surface area contributed by atoms with Gasteiger partial charge in [0, 0.05) is 32.6 Å². The van der Waals surface area contributed by atoms with E-state index in [-0.39, 0.29) is 11.9 Å². The highest BCUT2D eigenvalue weighted by Crippen LogP contribution is 2.23. The number of likely N-dealkylation sites (tertiary alicyclic amines) is 2. The first-order valence-corrected chi connectivity index (χ1v) is 7.38. The molecule has 5 nitrogen and oxygen atoms in total. The summed E-state index contributed by atoms with van der Waals surface area (Å²) in [6.07, 6.45) is 4.61. The summed E-state index contributed by atoms with van der Waals surface area (Å²) >= 11 is 0. The summed E-state index contributed by atoms with van der Waals surface area (Å²) in [5, 5.41) is 0. The smallest absolute Gasteiger partial charge is 0.320 e. The van der Waals surface area contributed by atoms with E-state index in [1.807, 2.05) is 9.80 Å².